The van der Waals surface area contributed by atoms with E-state index in [9.17, 15) is 19.2 Å². The van der Waals surface area contributed by atoms with E-state index < -0.39 is 23.9 Å². The molecule has 1 N–H and O–H groups in total. The zero-order valence-corrected chi connectivity index (χ0v) is 14.1. The summed E-state index contributed by atoms with van der Waals surface area (Å²) >= 11 is 0. The van der Waals surface area contributed by atoms with E-state index >= 15 is 0 Å². The summed E-state index contributed by atoms with van der Waals surface area (Å²) in [6.45, 7) is 2.37. The van der Waals surface area contributed by atoms with Crippen molar-refractivity contribution in [2.45, 2.75) is 13.8 Å². The summed E-state index contributed by atoms with van der Waals surface area (Å²) in [5, 5.41) is 2.64. The van der Waals surface area contributed by atoms with Gasteiger partial charge in [-0.15, -0.1) is 0 Å². The van der Waals surface area contributed by atoms with Gasteiger partial charge in [-0.2, -0.15) is 0 Å². The standard InChI is InChI=1S/C16H17NO8/c1-9(18)24-13-6-5-11(7-14(13)25-10(2)19)17-12(16(21)23-4)8-15(20)22-3/h5-8,17H,1-4H3. The number of hydrogen-bond acceptors (Lipinski definition) is 9. The predicted octanol–water partition coefficient (Wildman–Crippen LogP) is 1.18. The van der Waals surface area contributed by atoms with Crippen molar-refractivity contribution in [3.63, 3.8) is 0 Å². The molecule has 1 aromatic carbocycles. The van der Waals surface area contributed by atoms with Crippen molar-refractivity contribution in [2.75, 3.05) is 19.5 Å². The van der Waals surface area contributed by atoms with Crippen LogP contribution in [0.5, 0.6) is 11.5 Å². The van der Waals surface area contributed by atoms with Crippen molar-refractivity contribution in [2.24, 2.45) is 0 Å². The molecule has 0 radical (unpaired) electrons. The minimum Gasteiger partial charge on any atom is -0.466 e. The van der Waals surface area contributed by atoms with Gasteiger partial charge in [0.05, 0.1) is 20.3 Å². The van der Waals surface area contributed by atoms with Gasteiger partial charge < -0.3 is 24.3 Å². The molecule has 9 heteroatoms. The molecule has 1 rings (SSSR count). The molecule has 0 aliphatic carbocycles. The van der Waals surface area contributed by atoms with Crippen LogP contribution in [0.4, 0.5) is 5.69 Å². The van der Waals surface area contributed by atoms with Crippen molar-refractivity contribution in [1.82, 2.24) is 0 Å². The Morgan fingerprint density at radius 3 is 2.04 bits per heavy atom. The first kappa shape index (κ1) is 19.7. The molecule has 0 bridgehead atoms. The summed E-state index contributed by atoms with van der Waals surface area (Å²) in [5.41, 5.74) is 0.0658. The third-order valence-corrected chi connectivity index (χ3v) is 2.60. The number of esters is 4. The monoisotopic (exact) mass is 351 g/mol. The third-order valence-electron chi connectivity index (χ3n) is 2.60. The summed E-state index contributed by atoms with van der Waals surface area (Å²) in [7, 11) is 2.30. The van der Waals surface area contributed by atoms with E-state index in [1.54, 1.807) is 0 Å². The van der Waals surface area contributed by atoms with Gasteiger partial charge in [0.2, 0.25) is 0 Å². The number of benzene rings is 1. The van der Waals surface area contributed by atoms with Crippen molar-refractivity contribution >= 4 is 29.6 Å². The highest BCUT2D eigenvalue weighted by Gasteiger charge is 2.16. The zero-order valence-electron chi connectivity index (χ0n) is 14.1. The molecule has 0 saturated heterocycles. The number of anilines is 1. The number of hydrogen-bond donors (Lipinski definition) is 1. The lowest BCUT2D eigenvalue weighted by atomic mass is 10.2. The topological polar surface area (TPSA) is 117 Å². The number of carbonyl (C=O) groups is 4. The summed E-state index contributed by atoms with van der Waals surface area (Å²) in [6.07, 6.45) is 0.900. The minimum atomic E-state index is -0.816. The van der Waals surface area contributed by atoms with Crippen LogP contribution in [0.2, 0.25) is 0 Å². The Kier molecular flexibility index (Phi) is 7.14. The maximum atomic E-state index is 11.7. The maximum absolute atomic E-state index is 11.7. The van der Waals surface area contributed by atoms with Crippen LogP contribution in [0, 0.1) is 0 Å². The van der Waals surface area contributed by atoms with Gasteiger partial charge in [0.15, 0.2) is 11.5 Å². The smallest absolute Gasteiger partial charge is 0.354 e. The predicted molar refractivity (Wildman–Crippen MR) is 84.8 cm³/mol. The summed E-state index contributed by atoms with van der Waals surface area (Å²) in [4.78, 5) is 45.4. The Bertz CT molecular complexity index is 723. The maximum Gasteiger partial charge on any atom is 0.354 e. The second kappa shape index (κ2) is 9.06. The van der Waals surface area contributed by atoms with E-state index in [0.29, 0.717) is 0 Å². The molecule has 134 valence electrons. The Morgan fingerprint density at radius 1 is 0.920 bits per heavy atom. The lowest BCUT2D eigenvalue weighted by Crippen LogP contribution is -2.15. The van der Waals surface area contributed by atoms with E-state index in [2.05, 4.69) is 14.8 Å². The van der Waals surface area contributed by atoms with Gasteiger partial charge in [-0.25, -0.2) is 9.59 Å². The first-order valence-corrected chi connectivity index (χ1v) is 6.92. The fourth-order valence-electron chi connectivity index (χ4n) is 1.65. The molecule has 25 heavy (non-hydrogen) atoms. The van der Waals surface area contributed by atoms with Crippen molar-refractivity contribution < 1.29 is 38.1 Å². The van der Waals surface area contributed by atoms with Gasteiger partial charge >= 0.3 is 23.9 Å². The van der Waals surface area contributed by atoms with E-state index in [-0.39, 0.29) is 22.9 Å². The fraction of sp³-hybridized carbons (Fsp3) is 0.250. The third kappa shape index (κ3) is 6.34. The molecule has 0 aliphatic rings. The van der Waals surface area contributed by atoms with E-state index in [0.717, 1.165) is 20.3 Å². The van der Waals surface area contributed by atoms with E-state index in [4.69, 9.17) is 9.47 Å². The summed E-state index contributed by atoms with van der Waals surface area (Å²) in [6, 6.07) is 4.11. The van der Waals surface area contributed by atoms with Crippen LogP contribution in [0.25, 0.3) is 0 Å². The largest absolute Gasteiger partial charge is 0.466 e. The highest BCUT2D eigenvalue weighted by atomic mass is 16.6. The molecular weight excluding hydrogens is 334 g/mol. The molecule has 0 atom stereocenters. The fourth-order valence-corrected chi connectivity index (χ4v) is 1.65. The van der Waals surface area contributed by atoms with Crippen LogP contribution in [0.1, 0.15) is 13.8 Å². The first-order valence-electron chi connectivity index (χ1n) is 6.92. The highest BCUT2D eigenvalue weighted by molar-refractivity contribution is 5.98. The quantitative estimate of drug-likeness (QED) is 0.458. The molecule has 0 aromatic heterocycles. The van der Waals surface area contributed by atoms with Gasteiger partial charge in [0.25, 0.3) is 0 Å². The van der Waals surface area contributed by atoms with Gasteiger partial charge in [-0.1, -0.05) is 0 Å². The number of carbonyl (C=O) groups excluding carboxylic acids is 4. The van der Waals surface area contributed by atoms with Crippen LogP contribution in [-0.4, -0.2) is 38.1 Å². The molecule has 1 aromatic rings. The van der Waals surface area contributed by atoms with Gasteiger partial charge in [-0.3, -0.25) is 9.59 Å². The highest BCUT2D eigenvalue weighted by Crippen LogP contribution is 2.31. The summed E-state index contributed by atoms with van der Waals surface area (Å²) < 4.78 is 18.9. The Morgan fingerprint density at radius 2 is 1.52 bits per heavy atom. The molecule has 9 nitrogen and oxygen atoms in total. The molecule has 0 saturated carbocycles. The summed E-state index contributed by atoms with van der Waals surface area (Å²) in [5.74, 6) is -2.85. The van der Waals surface area contributed by atoms with E-state index in [1.165, 1.54) is 32.0 Å². The van der Waals surface area contributed by atoms with Gasteiger partial charge in [-0.05, 0) is 12.1 Å². The van der Waals surface area contributed by atoms with Gasteiger partial charge in [0.1, 0.15) is 5.70 Å². The molecular formula is C16H17NO8. The number of ether oxygens (including phenoxy) is 4. The lowest BCUT2D eigenvalue weighted by Gasteiger charge is -2.13. The molecule has 0 heterocycles. The Balaban J connectivity index is 3.20. The normalized spacial score (nSPS) is 10.5. The van der Waals surface area contributed by atoms with Crippen LogP contribution >= 0.6 is 0 Å². The average Bonchev–Trinajstić information content (AvgIpc) is 2.54. The lowest BCUT2D eigenvalue weighted by molar-refractivity contribution is -0.138. The minimum absolute atomic E-state index is 0.0183. The molecule has 0 unspecified atom stereocenters. The van der Waals surface area contributed by atoms with Crippen LogP contribution in [-0.2, 0) is 28.7 Å². The van der Waals surface area contributed by atoms with Crippen LogP contribution in [0.15, 0.2) is 30.0 Å². The SMILES string of the molecule is COC(=O)C=C(Nc1ccc(OC(C)=O)c(OC(C)=O)c1)C(=O)OC. The average molecular weight is 351 g/mol. The number of rotatable bonds is 6. The number of nitrogens with one attached hydrogen (secondary N) is 1. The molecule has 0 amide bonds. The molecule has 0 aliphatic heterocycles. The van der Waals surface area contributed by atoms with E-state index in [1.807, 2.05) is 0 Å². The number of methoxy groups -OCH3 is 2. The molecule has 0 fully saturated rings. The second-order valence-corrected chi connectivity index (χ2v) is 4.55. The van der Waals surface area contributed by atoms with Crippen LogP contribution < -0.4 is 14.8 Å². The Hall–Kier alpha value is -3.36. The van der Waals surface area contributed by atoms with Crippen molar-refractivity contribution in [3.05, 3.63) is 30.0 Å². The Labute approximate surface area is 143 Å². The first-order chi connectivity index (χ1) is 11.8. The zero-order chi connectivity index (χ0) is 19.0. The van der Waals surface area contributed by atoms with Crippen molar-refractivity contribution in [3.8, 4) is 11.5 Å². The second-order valence-electron chi connectivity index (χ2n) is 4.55. The van der Waals surface area contributed by atoms with Crippen molar-refractivity contribution in [1.29, 1.82) is 0 Å². The molecule has 0 spiro atoms. The van der Waals surface area contributed by atoms with Crippen LogP contribution in [0.3, 0.4) is 0 Å². The van der Waals surface area contributed by atoms with Gasteiger partial charge in [0, 0.05) is 25.6 Å².